The topological polar surface area (TPSA) is 268 Å². The van der Waals surface area contributed by atoms with Gasteiger partial charge in [-0.3, -0.25) is 14.8 Å². The number of amides is 1. The van der Waals surface area contributed by atoms with Gasteiger partial charge in [0.1, 0.15) is 18.7 Å². The van der Waals surface area contributed by atoms with Crippen LogP contribution >= 0.6 is 0 Å². The lowest BCUT2D eigenvalue weighted by atomic mass is 10.1. The van der Waals surface area contributed by atoms with Crippen LogP contribution in [0.1, 0.15) is 31.2 Å². The molecule has 0 saturated heterocycles. The molecule has 0 radical (unpaired) electrons. The van der Waals surface area contributed by atoms with Crippen molar-refractivity contribution in [3.8, 4) is 0 Å². The normalized spacial score (nSPS) is 11.6. The van der Waals surface area contributed by atoms with E-state index in [1.54, 1.807) is 12.1 Å². The van der Waals surface area contributed by atoms with Crippen molar-refractivity contribution < 1.29 is 29.3 Å². The number of aliphatic carboxylic acids is 2. The maximum Gasteiger partial charge on any atom is 0.408 e. The standard InChI is InChI=1S/C14H20N4O4.C6H14N4O2/c15-13(16)17-8-4-7-11(12(19)20)18-14(21)22-9-10-5-2-1-3-6-10;7-4(5(11)12)2-1-3-10-6(8)9/h1-3,5-6,11H,4,7-9H2,(H,18,21)(H,19,20)(H4,15,16,17);4H,1-3,7H2,(H,11,12)(H4,8,9,10)/t11-;4-/m00/s1. The van der Waals surface area contributed by atoms with Crippen molar-refractivity contribution in [1.82, 2.24) is 5.32 Å². The van der Waals surface area contributed by atoms with Gasteiger partial charge in [-0.15, -0.1) is 0 Å². The lowest BCUT2D eigenvalue weighted by Crippen LogP contribution is -2.41. The van der Waals surface area contributed by atoms with Crippen molar-refractivity contribution in [3.05, 3.63) is 35.9 Å². The molecule has 0 unspecified atom stereocenters. The number of hydrogen-bond acceptors (Lipinski definition) is 7. The van der Waals surface area contributed by atoms with E-state index in [1.807, 2.05) is 18.2 Å². The molecule has 1 amide bonds. The Hall–Kier alpha value is -4.07. The van der Waals surface area contributed by atoms with Gasteiger partial charge in [0.05, 0.1) is 0 Å². The molecule has 14 nitrogen and oxygen atoms in total. The summed E-state index contributed by atoms with van der Waals surface area (Å²) in [7, 11) is 0. The predicted molar refractivity (Wildman–Crippen MR) is 127 cm³/mol. The summed E-state index contributed by atoms with van der Waals surface area (Å²) in [6.07, 6.45) is 0.802. The van der Waals surface area contributed by atoms with Crippen molar-refractivity contribution in [2.45, 2.75) is 44.4 Å². The number of nitrogens with two attached hydrogens (primary N) is 5. The van der Waals surface area contributed by atoms with E-state index >= 15 is 0 Å². The van der Waals surface area contributed by atoms with Gasteiger partial charge in [-0.1, -0.05) is 30.3 Å². The number of nitrogens with zero attached hydrogens (tertiary/aromatic N) is 2. The first-order valence-corrected chi connectivity index (χ1v) is 10.3. The highest BCUT2D eigenvalue weighted by molar-refractivity contribution is 5.80. The lowest BCUT2D eigenvalue weighted by Gasteiger charge is -2.14. The summed E-state index contributed by atoms with van der Waals surface area (Å²) in [6, 6.07) is 7.23. The molecule has 0 aromatic heterocycles. The summed E-state index contributed by atoms with van der Waals surface area (Å²) in [6.45, 7) is 0.795. The Balaban J connectivity index is 0.000000770. The van der Waals surface area contributed by atoms with Gasteiger partial charge in [-0.25, -0.2) is 9.59 Å². The maximum absolute atomic E-state index is 11.6. The van der Waals surface area contributed by atoms with Gasteiger partial charge < -0.3 is 48.9 Å². The van der Waals surface area contributed by atoms with Gasteiger partial charge in [-0.05, 0) is 31.2 Å². The zero-order valence-electron chi connectivity index (χ0n) is 18.8. The second-order valence-electron chi connectivity index (χ2n) is 6.94. The predicted octanol–water partition coefficient (Wildman–Crippen LogP) is -1.13. The van der Waals surface area contributed by atoms with Crippen LogP contribution in [0.25, 0.3) is 0 Å². The average Bonchev–Trinajstić information content (AvgIpc) is 2.77. The Kier molecular flexibility index (Phi) is 15.4. The van der Waals surface area contributed by atoms with Gasteiger partial charge in [0, 0.05) is 13.1 Å². The van der Waals surface area contributed by atoms with E-state index in [9.17, 15) is 14.4 Å². The number of carbonyl (C=O) groups is 3. The molecule has 0 bridgehead atoms. The third kappa shape index (κ3) is 16.6. The fourth-order valence-corrected chi connectivity index (χ4v) is 2.31. The smallest absolute Gasteiger partial charge is 0.408 e. The first-order chi connectivity index (χ1) is 16.0. The first-order valence-electron chi connectivity index (χ1n) is 10.3. The molecule has 1 aromatic rings. The number of carboxylic acid groups (broad SMARTS) is 2. The second-order valence-corrected chi connectivity index (χ2v) is 6.94. The maximum atomic E-state index is 11.6. The number of benzene rings is 1. The Morgan fingerprint density at radius 2 is 1.41 bits per heavy atom. The molecule has 0 spiro atoms. The highest BCUT2D eigenvalue weighted by Gasteiger charge is 2.20. The third-order valence-corrected chi connectivity index (χ3v) is 4.03. The van der Waals surface area contributed by atoms with Crippen molar-refractivity contribution in [1.29, 1.82) is 0 Å². The zero-order valence-corrected chi connectivity index (χ0v) is 18.8. The van der Waals surface area contributed by atoms with Crippen molar-refractivity contribution in [2.24, 2.45) is 38.7 Å². The molecule has 0 aliphatic heterocycles. The molecule has 1 aromatic carbocycles. The van der Waals surface area contributed by atoms with Gasteiger partial charge in [0.25, 0.3) is 0 Å². The van der Waals surface area contributed by atoms with Crippen LogP contribution in [0.5, 0.6) is 0 Å². The van der Waals surface area contributed by atoms with Crippen LogP contribution in [0.4, 0.5) is 4.79 Å². The molecule has 14 heteroatoms. The number of carboxylic acids is 2. The SMILES string of the molecule is NC(N)=NCCC[C@H](N)C(=O)O.NC(N)=NCCC[C@H](NC(=O)OCc1ccccc1)C(=O)O. The minimum Gasteiger partial charge on any atom is -0.480 e. The molecule has 0 fully saturated rings. The van der Waals surface area contributed by atoms with Gasteiger partial charge in [0.15, 0.2) is 11.9 Å². The minimum absolute atomic E-state index is 0.0129. The van der Waals surface area contributed by atoms with Gasteiger partial charge >= 0.3 is 18.0 Å². The van der Waals surface area contributed by atoms with Crippen LogP contribution in [0, 0.1) is 0 Å². The number of aliphatic imine (C=N–C) groups is 2. The molecule has 34 heavy (non-hydrogen) atoms. The van der Waals surface area contributed by atoms with Crippen molar-refractivity contribution in [2.75, 3.05) is 13.1 Å². The van der Waals surface area contributed by atoms with E-state index in [0.717, 1.165) is 5.56 Å². The van der Waals surface area contributed by atoms with E-state index in [-0.39, 0.29) is 24.9 Å². The summed E-state index contributed by atoms with van der Waals surface area (Å²) < 4.78 is 4.97. The summed E-state index contributed by atoms with van der Waals surface area (Å²) in [4.78, 5) is 40.3. The monoisotopic (exact) mass is 482 g/mol. The number of hydrogen-bond donors (Lipinski definition) is 8. The van der Waals surface area contributed by atoms with Gasteiger partial charge in [-0.2, -0.15) is 0 Å². The molecule has 0 aliphatic rings. The quantitative estimate of drug-likeness (QED) is 0.0946. The van der Waals surface area contributed by atoms with Gasteiger partial charge in [0.2, 0.25) is 0 Å². The molecule has 0 heterocycles. The van der Waals surface area contributed by atoms with E-state index in [1.165, 1.54) is 0 Å². The zero-order chi connectivity index (χ0) is 25.9. The van der Waals surface area contributed by atoms with Crippen LogP contribution in [-0.4, -0.2) is 65.3 Å². The molecule has 190 valence electrons. The molecule has 0 aliphatic carbocycles. The summed E-state index contributed by atoms with van der Waals surface area (Å²) in [5, 5.41) is 19.7. The Bertz CT molecular complexity index is 811. The molecular weight excluding hydrogens is 448 g/mol. The summed E-state index contributed by atoms with van der Waals surface area (Å²) in [5.74, 6) is -2.18. The number of rotatable bonds is 13. The van der Waals surface area contributed by atoms with Crippen molar-refractivity contribution in [3.63, 3.8) is 0 Å². The van der Waals surface area contributed by atoms with Crippen LogP contribution in [0.15, 0.2) is 40.3 Å². The number of nitrogens with one attached hydrogen (secondary N) is 1. The highest BCUT2D eigenvalue weighted by Crippen LogP contribution is 2.03. The Morgan fingerprint density at radius 1 is 0.882 bits per heavy atom. The third-order valence-electron chi connectivity index (χ3n) is 4.03. The first kappa shape index (κ1) is 29.9. The Labute approximate surface area is 197 Å². The molecular formula is C20H34N8O6. The Morgan fingerprint density at radius 3 is 1.88 bits per heavy atom. The molecule has 13 N–H and O–H groups in total. The van der Waals surface area contributed by atoms with E-state index in [4.69, 9.17) is 43.6 Å². The highest BCUT2D eigenvalue weighted by atomic mass is 16.5. The van der Waals surface area contributed by atoms with Crippen LogP contribution < -0.4 is 34.0 Å². The number of carbonyl (C=O) groups excluding carboxylic acids is 1. The number of ether oxygens (including phenoxy) is 1. The van der Waals surface area contributed by atoms with Crippen LogP contribution in [-0.2, 0) is 20.9 Å². The van der Waals surface area contributed by atoms with E-state index in [2.05, 4.69) is 15.3 Å². The fourth-order valence-electron chi connectivity index (χ4n) is 2.31. The van der Waals surface area contributed by atoms with Crippen molar-refractivity contribution >= 4 is 30.0 Å². The fraction of sp³-hybridized carbons (Fsp3) is 0.450. The average molecular weight is 483 g/mol. The second kappa shape index (κ2) is 17.5. The molecule has 1 rings (SSSR count). The molecule has 0 saturated carbocycles. The van der Waals surface area contributed by atoms with E-state index in [0.29, 0.717) is 32.4 Å². The molecule has 2 atom stereocenters. The lowest BCUT2D eigenvalue weighted by molar-refractivity contribution is -0.140. The van der Waals surface area contributed by atoms with E-state index < -0.39 is 30.1 Å². The van der Waals surface area contributed by atoms with Crippen LogP contribution in [0.2, 0.25) is 0 Å². The number of alkyl carbamates (subject to hydrolysis) is 1. The number of guanidine groups is 2. The minimum atomic E-state index is -1.14. The summed E-state index contributed by atoms with van der Waals surface area (Å²) >= 11 is 0. The summed E-state index contributed by atoms with van der Waals surface area (Å²) in [5.41, 5.74) is 26.5. The largest absolute Gasteiger partial charge is 0.480 e. The van der Waals surface area contributed by atoms with Crippen LogP contribution in [0.3, 0.4) is 0 Å².